The second-order valence-corrected chi connectivity index (χ2v) is 6.04. The molecule has 1 N–H and O–H groups in total. The minimum absolute atomic E-state index is 0.131. The molecule has 0 spiro atoms. The van der Waals surface area contributed by atoms with Crippen molar-refractivity contribution in [1.82, 2.24) is 4.90 Å². The molecule has 0 atom stereocenters. The molecule has 0 saturated carbocycles. The van der Waals surface area contributed by atoms with Crippen molar-refractivity contribution in [1.29, 1.82) is 0 Å². The topological polar surface area (TPSA) is 57.6 Å². The Kier molecular flexibility index (Phi) is 3.81. The van der Waals surface area contributed by atoms with E-state index in [0.29, 0.717) is 6.42 Å². The summed E-state index contributed by atoms with van der Waals surface area (Å²) >= 11 is 0. The maximum atomic E-state index is 10.5. The van der Waals surface area contributed by atoms with Gasteiger partial charge < -0.3 is 0 Å². The van der Waals surface area contributed by atoms with Gasteiger partial charge in [-0.25, -0.2) is 0 Å². The molecule has 1 aromatic carbocycles. The van der Waals surface area contributed by atoms with Gasteiger partial charge >= 0.3 is 0 Å². The van der Waals surface area contributed by atoms with Crippen LogP contribution in [0.25, 0.3) is 0 Å². The molecular weight excluding hydrogens is 238 g/mol. The largest absolute Gasteiger partial charge is 0.295 e. The molecule has 5 heteroatoms. The number of fused-ring (bicyclic) bond motifs is 1. The molecule has 1 aromatic rings. The van der Waals surface area contributed by atoms with Crippen LogP contribution in [-0.2, 0) is 23.2 Å². The summed E-state index contributed by atoms with van der Waals surface area (Å²) in [5.41, 5.74) is 2.73. The second kappa shape index (κ2) is 5.16. The Hall–Kier alpha value is -0.910. The Balaban J connectivity index is 1.74. The van der Waals surface area contributed by atoms with E-state index >= 15 is 0 Å². The van der Waals surface area contributed by atoms with Crippen molar-refractivity contribution >= 4 is 10.1 Å². The molecule has 4 nitrogen and oxygen atoms in total. The lowest BCUT2D eigenvalue weighted by Gasteiger charge is -2.13. The predicted molar refractivity (Wildman–Crippen MR) is 66.2 cm³/mol. The van der Waals surface area contributed by atoms with E-state index in [-0.39, 0.29) is 5.75 Å². The van der Waals surface area contributed by atoms with Crippen molar-refractivity contribution in [2.45, 2.75) is 25.9 Å². The summed E-state index contributed by atoms with van der Waals surface area (Å²) in [5, 5.41) is 0. The molecule has 1 aliphatic rings. The van der Waals surface area contributed by atoms with E-state index in [4.69, 9.17) is 4.55 Å². The highest BCUT2D eigenvalue weighted by atomic mass is 32.2. The number of unbranched alkanes of at least 4 members (excludes halogenated alkanes) is 1. The smallest absolute Gasteiger partial charge is 0.264 e. The van der Waals surface area contributed by atoms with Crippen molar-refractivity contribution in [2.75, 3.05) is 12.3 Å². The van der Waals surface area contributed by atoms with E-state index in [1.165, 1.54) is 11.1 Å². The highest BCUT2D eigenvalue weighted by Gasteiger charge is 2.17. The van der Waals surface area contributed by atoms with Gasteiger partial charge in [-0.3, -0.25) is 9.45 Å². The van der Waals surface area contributed by atoms with E-state index in [2.05, 4.69) is 17.0 Å². The molecule has 17 heavy (non-hydrogen) atoms. The van der Waals surface area contributed by atoms with Crippen molar-refractivity contribution in [3.05, 3.63) is 35.4 Å². The van der Waals surface area contributed by atoms with Crippen molar-refractivity contribution in [3.63, 3.8) is 0 Å². The van der Waals surface area contributed by atoms with Gasteiger partial charge in [0.2, 0.25) is 0 Å². The van der Waals surface area contributed by atoms with Crippen molar-refractivity contribution in [2.24, 2.45) is 0 Å². The van der Waals surface area contributed by atoms with Gasteiger partial charge in [0.15, 0.2) is 0 Å². The predicted octanol–water partition coefficient (Wildman–Crippen LogP) is 1.67. The van der Waals surface area contributed by atoms with Crippen LogP contribution in [-0.4, -0.2) is 30.2 Å². The zero-order chi connectivity index (χ0) is 12.3. The molecule has 94 valence electrons. The molecule has 1 heterocycles. The van der Waals surface area contributed by atoms with Gasteiger partial charge in [-0.05, 0) is 30.5 Å². The van der Waals surface area contributed by atoms with Crippen molar-refractivity contribution < 1.29 is 13.0 Å². The zero-order valence-corrected chi connectivity index (χ0v) is 10.5. The average Bonchev–Trinajstić information content (AvgIpc) is 2.65. The van der Waals surface area contributed by atoms with Crippen LogP contribution in [0.15, 0.2) is 24.3 Å². The first-order valence-corrected chi connectivity index (χ1v) is 7.40. The van der Waals surface area contributed by atoms with Gasteiger partial charge in [-0.15, -0.1) is 0 Å². The summed E-state index contributed by atoms with van der Waals surface area (Å²) < 4.78 is 29.7. The van der Waals surface area contributed by atoms with Gasteiger partial charge in [-0.1, -0.05) is 24.3 Å². The standard InChI is InChI=1S/C12H17NO3S/c14-17(15,16)8-4-3-7-13-9-11-5-1-2-6-12(11)10-13/h1-2,5-6H,3-4,7-10H2,(H,14,15,16). The molecule has 2 rings (SSSR count). The summed E-state index contributed by atoms with van der Waals surface area (Å²) in [6.07, 6.45) is 1.32. The average molecular weight is 255 g/mol. The Bertz CT molecular complexity index is 459. The van der Waals surface area contributed by atoms with Crippen LogP contribution >= 0.6 is 0 Å². The fourth-order valence-electron chi connectivity index (χ4n) is 2.18. The molecule has 0 fully saturated rings. The molecule has 0 radical (unpaired) electrons. The number of benzene rings is 1. The third-order valence-corrected chi connectivity index (χ3v) is 3.84. The van der Waals surface area contributed by atoms with Crippen LogP contribution in [0.2, 0.25) is 0 Å². The van der Waals surface area contributed by atoms with Crippen LogP contribution in [0, 0.1) is 0 Å². The van der Waals surface area contributed by atoms with E-state index in [1.807, 2.05) is 12.1 Å². The first kappa shape index (κ1) is 12.5. The Morgan fingerprint density at radius 1 is 1.12 bits per heavy atom. The molecule has 1 aliphatic heterocycles. The lowest BCUT2D eigenvalue weighted by molar-refractivity contribution is 0.279. The normalized spacial score (nSPS) is 16.1. The van der Waals surface area contributed by atoms with Gasteiger partial charge in [0, 0.05) is 13.1 Å². The highest BCUT2D eigenvalue weighted by Crippen LogP contribution is 2.22. The third-order valence-electron chi connectivity index (χ3n) is 3.03. The summed E-state index contributed by atoms with van der Waals surface area (Å²) in [6, 6.07) is 8.35. The number of rotatable bonds is 5. The van der Waals surface area contributed by atoms with Crippen LogP contribution in [0.3, 0.4) is 0 Å². The molecule has 0 aromatic heterocycles. The van der Waals surface area contributed by atoms with Crippen LogP contribution < -0.4 is 0 Å². The van der Waals surface area contributed by atoms with E-state index in [9.17, 15) is 8.42 Å². The van der Waals surface area contributed by atoms with E-state index in [1.54, 1.807) is 0 Å². The quantitative estimate of drug-likeness (QED) is 0.642. The Morgan fingerprint density at radius 2 is 1.71 bits per heavy atom. The maximum absolute atomic E-state index is 10.5. The minimum Gasteiger partial charge on any atom is -0.295 e. The SMILES string of the molecule is O=S(=O)(O)CCCCN1Cc2ccccc2C1. The number of hydrogen-bond acceptors (Lipinski definition) is 3. The van der Waals surface area contributed by atoms with Crippen molar-refractivity contribution in [3.8, 4) is 0 Å². The van der Waals surface area contributed by atoms with Crippen LogP contribution in [0.5, 0.6) is 0 Å². The molecular formula is C12H17NO3S. The van der Waals surface area contributed by atoms with Crippen LogP contribution in [0.4, 0.5) is 0 Å². The highest BCUT2D eigenvalue weighted by molar-refractivity contribution is 7.85. The number of nitrogens with zero attached hydrogens (tertiary/aromatic N) is 1. The maximum Gasteiger partial charge on any atom is 0.264 e. The Labute approximate surface area is 102 Å². The fourth-order valence-corrected chi connectivity index (χ4v) is 2.75. The molecule has 0 bridgehead atoms. The first-order valence-electron chi connectivity index (χ1n) is 5.79. The van der Waals surface area contributed by atoms with Crippen LogP contribution in [0.1, 0.15) is 24.0 Å². The monoisotopic (exact) mass is 255 g/mol. The van der Waals surface area contributed by atoms with E-state index in [0.717, 1.165) is 26.1 Å². The Morgan fingerprint density at radius 3 is 2.24 bits per heavy atom. The first-order chi connectivity index (χ1) is 8.04. The summed E-state index contributed by atoms with van der Waals surface area (Å²) in [4.78, 5) is 2.30. The summed E-state index contributed by atoms with van der Waals surface area (Å²) in [6.45, 7) is 2.77. The van der Waals surface area contributed by atoms with E-state index < -0.39 is 10.1 Å². The molecule has 0 aliphatic carbocycles. The fraction of sp³-hybridized carbons (Fsp3) is 0.500. The van der Waals surface area contributed by atoms with Gasteiger partial charge in [0.25, 0.3) is 10.1 Å². The zero-order valence-electron chi connectivity index (χ0n) is 9.67. The lowest BCUT2D eigenvalue weighted by Crippen LogP contribution is -2.18. The summed E-state index contributed by atoms with van der Waals surface area (Å²) in [7, 11) is -3.79. The molecule has 0 saturated heterocycles. The minimum atomic E-state index is -3.79. The lowest BCUT2D eigenvalue weighted by atomic mass is 10.1. The summed E-state index contributed by atoms with van der Waals surface area (Å²) in [5.74, 6) is -0.131. The van der Waals surface area contributed by atoms with Gasteiger partial charge in [0.05, 0.1) is 5.75 Å². The number of hydrogen-bond donors (Lipinski definition) is 1. The molecule has 0 amide bonds. The molecule has 0 unspecified atom stereocenters. The second-order valence-electron chi connectivity index (χ2n) is 4.47. The van der Waals surface area contributed by atoms with Gasteiger partial charge in [-0.2, -0.15) is 8.42 Å². The van der Waals surface area contributed by atoms with Gasteiger partial charge in [0.1, 0.15) is 0 Å². The third kappa shape index (κ3) is 3.80.